The summed E-state index contributed by atoms with van der Waals surface area (Å²) in [6.07, 6.45) is 0. The molecule has 0 unspecified atom stereocenters. The van der Waals surface area contributed by atoms with Gasteiger partial charge in [0.05, 0.1) is 0 Å². The lowest BCUT2D eigenvalue weighted by molar-refractivity contribution is 0.531. The van der Waals surface area contributed by atoms with Crippen LogP contribution in [0.1, 0.15) is 19.5 Å². The Morgan fingerprint density at radius 2 is 1.88 bits per heavy atom. The molecule has 0 radical (unpaired) electrons. The lowest BCUT2D eigenvalue weighted by Gasteiger charge is -2.11. The van der Waals surface area contributed by atoms with E-state index in [-0.39, 0.29) is 11.2 Å². The normalized spacial score (nSPS) is 11.1. The van der Waals surface area contributed by atoms with Crippen LogP contribution in [-0.4, -0.2) is 15.7 Å². The van der Waals surface area contributed by atoms with Crippen LogP contribution < -0.4 is 16.6 Å². The number of hydrogen-bond donors (Lipinski definition) is 1. The SMILES string of the molecule is CC(C)CNCc1cc(=O)n(C)c(=O)n1C. The summed E-state index contributed by atoms with van der Waals surface area (Å²) in [5.41, 5.74) is 0.173. The van der Waals surface area contributed by atoms with Crippen molar-refractivity contribution in [2.45, 2.75) is 20.4 Å². The van der Waals surface area contributed by atoms with Gasteiger partial charge in [0, 0.05) is 32.4 Å². The van der Waals surface area contributed by atoms with Gasteiger partial charge < -0.3 is 5.32 Å². The summed E-state index contributed by atoms with van der Waals surface area (Å²) in [6, 6.07) is 1.49. The molecule has 0 fully saturated rings. The topological polar surface area (TPSA) is 56.0 Å². The van der Waals surface area contributed by atoms with Gasteiger partial charge in [0.1, 0.15) is 0 Å². The minimum Gasteiger partial charge on any atom is -0.311 e. The Kier molecular flexibility index (Phi) is 4.06. The number of aromatic nitrogens is 2. The van der Waals surface area contributed by atoms with E-state index in [2.05, 4.69) is 19.2 Å². The molecule has 0 saturated carbocycles. The van der Waals surface area contributed by atoms with Gasteiger partial charge in [-0.1, -0.05) is 13.8 Å². The first kappa shape index (κ1) is 12.7. The summed E-state index contributed by atoms with van der Waals surface area (Å²) in [5, 5.41) is 3.21. The van der Waals surface area contributed by atoms with Crippen LogP contribution in [0.5, 0.6) is 0 Å². The Hall–Kier alpha value is -1.36. The zero-order chi connectivity index (χ0) is 12.3. The lowest BCUT2D eigenvalue weighted by atomic mass is 10.2. The first-order valence-electron chi connectivity index (χ1n) is 5.40. The third-order valence-corrected chi connectivity index (χ3v) is 2.48. The molecule has 1 aromatic heterocycles. The molecule has 0 aliphatic rings. The molecule has 0 aliphatic heterocycles. The molecule has 16 heavy (non-hydrogen) atoms. The summed E-state index contributed by atoms with van der Waals surface area (Å²) in [6.45, 7) is 5.62. The van der Waals surface area contributed by atoms with E-state index in [4.69, 9.17) is 0 Å². The maximum Gasteiger partial charge on any atom is 0.330 e. The van der Waals surface area contributed by atoms with Crippen LogP contribution in [0.3, 0.4) is 0 Å². The Labute approximate surface area is 94.7 Å². The Morgan fingerprint density at radius 1 is 1.25 bits per heavy atom. The van der Waals surface area contributed by atoms with Gasteiger partial charge in [0.25, 0.3) is 5.56 Å². The van der Waals surface area contributed by atoms with Gasteiger partial charge in [-0.15, -0.1) is 0 Å². The van der Waals surface area contributed by atoms with Crippen LogP contribution in [0.4, 0.5) is 0 Å². The Morgan fingerprint density at radius 3 is 2.44 bits per heavy atom. The lowest BCUT2D eigenvalue weighted by Crippen LogP contribution is -2.39. The minimum atomic E-state index is -0.283. The van der Waals surface area contributed by atoms with E-state index >= 15 is 0 Å². The maximum atomic E-state index is 11.6. The third kappa shape index (κ3) is 2.82. The average Bonchev–Trinajstić information content (AvgIpc) is 2.22. The van der Waals surface area contributed by atoms with E-state index in [0.717, 1.165) is 11.1 Å². The highest BCUT2D eigenvalue weighted by Gasteiger charge is 2.05. The van der Waals surface area contributed by atoms with Crippen molar-refractivity contribution in [3.05, 3.63) is 32.6 Å². The van der Waals surface area contributed by atoms with E-state index in [1.807, 2.05) is 0 Å². The average molecular weight is 225 g/mol. The number of rotatable bonds is 4. The molecule has 1 rings (SSSR count). The molecule has 0 atom stereocenters. The van der Waals surface area contributed by atoms with Crippen LogP contribution in [-0.2, 0) is 20.6 Å². The molecule has 5 nitrogen and oxygen atoms in total. The Balaban J connectivity index is 2.90. The largest absolute Gasteiger partial charge is 0.330 e. The highest BCUT2D eigenvalue weighted by Crippen LogP contribution is 1.92. The Bertz CT molecular complexity index is 471. The molecule has 90 valence electrons. The molecule has 1 N–H and O–H groups in total. The van der Waals surface area contributed by atoms with Crippen molar-refractivity contribution in [3.8, 4) is 0 Å². The fourth-order valence-corrected chi connectivity index (χ4v) is 1.44. The van der Waals surface area contributed by atoms with Crippen LogP contribution in [0, 0.1) is 5.92 Å². The van der Waals surface area contributed by atoms with Crippen molar-refractivity contribution in [2.75, 3.05) is 6.54 Å². The van der Waals surface area contributed by atoms with Gasteiger partial charge in [-0.3, -0.25) is 13.9 Å². The van der Waals surface area contributed by atoms with E-state index in [1.165, 1.54) is 17.7 Å². The molecular formula is C11H19N3O2. The van der Waals surface area contributed by atoms with Crippen molar-refractivity contribution < 1.29 is 0 Å². The maximum absolute atomic E-state index is 11.6. The second kappa shape index (κ2) is 5.12. The fourth-order valence-electron chi connectivity index (χ4n) is 1.44. The molecule has 1 heterocycles. The highest BCUT2D eigenvalue weighted by atomic mass is 16.2. The highest BCUT2D eigenvalue weighted by molar-refractivity contribution is 5.01. The predicted molar refractivity (Wildman–Crippen MR) is 63.5 cm³/mol. The predicted octanol–water partition coefficient (Wildman–Crippen LogP) is -0.170. The number of hydrogen-bond acceptors (Lipinski definition) is 3. The summed E-state index contributed by atoms with van der Waals surface area (Å²) in [4.78, 5) is 23.0. The molecule has 0 aromatic carbocycles. The third-order valence-electron chi connectivity index (χ3n) is 2.48. The van der Waals surface area contributed by atoms with Gasteiger partial charge in [-0.05, 0) is 12.5 Å². The van der Waals surface area contributed by atoms with Gasteiger partial charge >= 0.3 is 5.69 Å². The van der Waals surface area contributed by atoms with Crippen LogP contribution in [0.15, 0.2) is 15.7 Å². The van der Waals surface area contributed by atoms with Crippen molar-refractivity contribution >= 4 is 0 Å². The molecule has 0 amide bonds. The van der Waals surface area contributed by atoms with Gasteiger partial charge in [0.2, 0.25) is 0 Å². The molecule has 0 aliphatic carbocycles. The molecule has 0 spiro atoms. The molecular weight excluding hydrogens is 206 g/mol. The van der Waals surface area contributed by atoms with E-state index in [1.54, 1.807) is 7.05 Å². The van der Waals surface area contributed by atoms with Crippen LogP contribution >= 0.6 is 0 Å². The zero-order valence-electron chi connectivity index (χ0n) is 10.3. The van der Waals surface area contributed by atoms with Crippen molar-refractivity contribution in [1.82, 2.24) is 14.5 Å². The standard InChI is InChI=1S/C11H19N3O2/c1-8(2)6-12-7-9-5-10(15)14(4)11(16)13(9)3/h5,8,12H,6-7H2,1-4H3. The number of nitrogens with zero attached hydrogens (tertiary/aromatic N) is 2. The van der Waals surface area contributed by atoms with E-state index in [9.17, 15) is 9.59 Å². The van der Waals surface area contributed by atoms with Gasteiger partial charge in [-0.25, -0.2) is 4.79 Å². The second-order valence-electron chi connectivity index (χ2n) is 4.40. The molecule has 5 heteroatoms. The quantitative estimate of drug-likeness (QED) is 0.774. The minimum absolute atomic E-state index is 0.260. The van der Waals surface area contributed by atoms with Crippen LogP contribution in [0.25, 0.3) is 0 Å². The van der Waals surface area contributed by atoms with Crippen molar-refractivity contribution in [1.29, 1.82) is 0 Å². The monoisotopic (exact) mass is 225 g/mol. The van der Waals surface area contributed by atoms with Crippen LogP contribution in [0.2, 0.25) is 0 Å². The van der Waals surface area contributed by atoms with Gasteiger partial charge in [0.15, 0.2) is 0 Å². The summed E-state index contributed by atoms with van der Waals surface area (Å²) >= 11 is 0. The van der Waals surface area contributed by atoms with Crippen molar-refractivity contribution in [3.63, 3.8) is 0 Å². The summed E-state index contributed by atoms with van der Waals surface area (Å²) in [7, 11) is 3.16. The van der Waals surface area contributed by atoms with E-state index < -0.39 is 0 Å². The summed E-state index contributed by atoms with van der Waals surface area (Å²) in [5.74, 6) is 0.545. The first-order chi connectivity index (χ1) is 7.43. The molecule has 0 saturated heterocycles. The smallest absolute Gasteiger partial charge is 0.311 e. The number of nitrogens with one attached hydrogen (secondary N) is 1. The zero-order valence-corrected chi connectivity index (χ0v) is 10.3. The van der Waals surface area contributed by atoms with Gasteiger partial charge in [-0.2, -0.15) is 0 Å². The van der Waals surface area contributed by atoms with Crippen molar-refractivity contribution in [2.24, 2.45) is 20.0 Å². The van der Waals surface area contributed by atoms with E-state index in [0.29, 0.717) is 18.2 Å². The molecule has 0 bridgehead atoms. The fraction of sp³-hybridized carbons (Fsp3) is 0.636. The summed E-state index contributed by atoms with van der Waals surface area (Å²) < 4.78 is 2.60. The molecule has 1 aromatic rings. The first-order valence-corrected chi connectivity index (χ1v) is 5.40. The second-order valence-corrected chi connectivity index (χ2v) is 4.40.